The highest BCUT2D eigenvalue weighted by Gasteiger charge is 2.19. The molecule has 3 heterocycles. The Hall–Kier alpha value is -3.49. The molecule has 3 aromatic carbocycles. The lowest BCUT2D eigenvalue weighted by Crippen LogP contribution is -2.44. The Morgan fingerprint density at radius 2 is 1.58 bits per heavy atom. The summed E-state index contributed by atoms with van der Waals surface area (Å²) in [6.45, 7) is 6.70. The lowest BCUT2D eigenvalue weighted by molar-refractivity contribution is 0.154. The van der Waals surface area contributed by atoms with Crippen LogP contribution in [0.1, 0.15) is 6.42 Å². The summed E-state index contributed by atoms with van der Waals surface area (Å²) in [5, 5.41) is 8.88. The van der Waals surface area contributed by atoms with Crippen molar-refractivity contribution in [2.45, 2.75) is 6.42 Å². The monoisotopic (exact) mass is 488 g/mol. The molecule has 0 unspecified atom stereocenters. The number of hydrogen-bond donors (Lipinski definition) is 1. The Morgan fingerprint density at radius 1 is 0.861 bits per heavy atom. The van der Waals surface area contributed by atoms with Crippen molar-refractivity contribution in [3.8, 4) is 23.0 Å². The van der Waals surface area contributed by atoms with E-state index in [9.17, 15) is 0 Å². The van der Waals surface area contributed by atoms with Crippen LogP contribution in [0.3, 0.4) is 0 Å². The highest BCUT2D eigenvalue weighted by atomic mass is 16.7. The van der Waals surface area contributed by atoms with Gasteiger partial charge in [0.1, 0.15) is 5.82 Å². The van der Waals surface area contributed by atoms with Crippen LogP contribution in [-0.4, -0.2) is 82.1 Å². The van der Waals surface area contributed by atoms with E-state index in [2.05, 4.69) is 34.3 Å². The topological polar surface area (TPSA) is 68.3 Å². The van der Waals surface area contributed by atoms with Crippen molar-refractivity contribution in [1.29, 1.82) is 0 Å². The van der Waals surface area contributed by atoms with Crippen molar-refractivity contribution >= 4 is 38.3 Å². The third-order valence-corrected chi connectivity index (χ3v) is 7.32. The van der Waals surface area contributed by atoms with Gasteiger partial charge in [0.15, 0.2) is 23.0 Å². The lowest BCUT2D eigenvalue weighted by Gasteiger charge is -2.32. The first-order valence-electron chi connectivity index (χ1n) is 12.5. The average Bonchev–Trinajstić information content (AvgIpc) is 3.37. The largest absolute Gasteiger partial charge is 0.493 e. The number of anilines is 1. The number of rotatable bonds is 7. The van der Waals surface area contributed by atoms with Crippen LogP contribution in [0.5, 0.6) is 23.0 Å². The summed E-state index contributed by atoms with van der Waals surface area (Å²) >= 11 is 0. The van der Waals surface area contributed by atoms with Gasteiger partial charge in [0.2, 0.25) is 6.79 Å². The minimum absolute atomic E-state index is 0.247. The van der Waals surface area contributed by atoms with Crippen LogP contribution in [0.2, 0.25) is 0 Å². The quantitative estimate of drug-likeness (QED) is 0.305. The van der Waals surface area contributed by atoms with Gasteiger partial charge in [0, 0.05) is 48.9 Å². The number of ether oxygens (including phenoxy) is 4. The summed E-state index contributed by atoms with van der Waals surface area (Å²) in [4.78, 5) is 10.1. The molecule has 0 aliphatic carbocycles. The molecular weight excluding hydrogens is 456 g/mol. The summed E-state index contributed by atoms with van der Waals surface area (Å²) in [6, 6.07) is 12.4. The second-order valence-electron chi connectivity index (χ2n) is 9.53. The van der Waals surface area contributed by atoms with Crippen molar-refractivity contribution in [3.05, 3.63) is 36.4 Å². The third kappa shape index (κ3) is 4.10. The molecule has 8 heteroatoms. The molecule has 0 amide bonds. The molecule has 0 bridgehead atoms. The van der Waals surface area contributed by atoms with Gasteiger partial charge in [-0.2, -0.15) is 0 Å². The number of aromatic nitrogens is 1. The van der Waals surface area contributed by atoms with E-state index in [1.165, 1.54) is 0 Å². The fourth-order valence-corrected chi connectivity index (χ4v) is 5.22. The van der Waals surface area contributed by atoms with Crippen LogP contribution in [-0.2, 0) is 0 Å². The van der Waals surface area contributed by atoms with Gasteiger partial charge in [-0.1, -0.05) is 12.1 Å². The van der Waals surface area contributed by atoms with E-state index in [0.717, 1.165) is 95.5 Å². The summed E-state index contributed by atoms with van der Waals surface area (Å²) in [6.07, 6.45) is 1.05. The average molecular weight is 489 g/mol. The standard InChI is InChI=1S/C28H32N4O4/c1-31-9-11-32(12-10-31)8-4-7-29-28-22-16-24(34-3)23(33-2)15-21(22)19-6-5-18-13-25-26(36-17-35-25)14-20(18)27(19)30-28/h5-6,13-16H,4,7-12,17H2,1-3H3,(H,29,30). The van der Waals surface area contributed by atoms with E-state index in [4.69, 9.17) is 23.9 Å². The van der Waals surface area contributed by atoms with Crippen LogP contribution in [0.15, 0.2) is 36.4 Å². The zero-order valence-electron chi connectivity index (χ0n) is 21.1. The second-order valence-corrected chi connectivity index (χ2v) is 9.53. The van der Waals surface area contributed by atoms with Crippen molar-refractivity contribution in [2.24, 2.45) is 0 Å². The van der Waals surface area contributed by atoms with Crippen molar-refractivity contribution in [2.75, 3.05) is 72.6 Å². The van der Waals surface area contributed by atoms with E-state index in [0.29, 0.717) is 11.5 Å². The Morgan fingerprint density at radius 3 is 2.33 bits per heavy atom. The van der Waals surface area contributed by atoms with Gasteiger partial charge in [0.25, 0.3) is 0 Å². The molecule has 2 aliphatic heterocycles. The molecule has 0 atom stereocenters. The van der Waals surface area contributed by atoms with Gasteiger partial charge in [-0.3, -0.25) is 0 Å². The van der Waals surface area contributed by atoms with E-state index in [1.54, 1.807) is 14.2 Å². The summed E-state index contributed by atoms with van der Waals surface area (Å²) in [5.41, 5.74) is 0.923. The number of piperazine rings is 1. The molecule has 0 radical (unpaired) electrons. The number of likely N-dealkylation sites (N-methyl/N-ethyl adjacent to an activating group) is 1. The van der Waals surface area contributed by atoms with Crippen LogP contribution >= 0.6 is 0 Å². The van der Waals surface area contributed by atoms with Crippen LogP contribution in [0.4, 0.5) is 5.82 Å². The molecular formula is C28H32N4O4. The lowest BCUT2D eigenvalue weighted by atomic mass is 10.00. The number of benzene rings is 3. The minimum atomic E-state index is 0.247. The third-order valence-electron chi connectivity index (χ3n) is 7.32. The molecule has 1 saturated heterocycles. The maximum absolute atomic E-state index is 5.67. The van der Waals surface area contributed by atoms with E-state index in [-0.39, 0.29) is 6.79 Å². The van der Waals surface area contributed by atoms with Crippen LogP contribution < -0.4 is 24.3 Å². The molecule has 8 nitrogen and oxygen atoms in total. The van der Waals surface area contributed by atoms with E-state index >= 15 is 0 Å². The summed E-state index contributed by atoms with van der Waals surface area (Å²) in [5.74, 6) is 3.77. The van der Waals surface area contributed by atoms with Gasteiger partial charge in [-0.15, -0.1) is 0 Å². The molecule has 4 aromatic rings. The van der Waals surface area contributed by atoms with E-state index < -0.39 is 0 Å². The Bertz CT molecular complexity index is 1430. The minimum Gasteiger partial charge on any atom is -0.493 e. The molecule has 0 spiro atoms. The predicted octanol–water partition coefficient (Wildman–Crippen LogP) is 4.34. The number of fused-ring (bicyclic) bond motifs is 6. The fraction of sp³-hybridized carbons (Fsp3) is 0.393. The fourth-order valence-electron chi connectivity index (χ4n) is 5.22. The first-order valence-corrected chi connectivity index (χ1v) is 12.5. The second kappa shape index (κ2) is 9.52. The first-order chi connectivity index (χ1) is 17.6. The van der Waals surface area contributed by atoms with Gasteiger partial charge >= 0.3 is 0 Å². The molecule has 2 aliphatic rings. The molecule has 1 aromatic heterocycles. The van der Waals surface area contributed by atoms with Crippen LogP contribution in [0, 0.1) is 0 Å². The summed E-state index contributed by atoms with van der Waals surface area (Å²) in [7, 11) is 5.52. The molecule has 1 N–H and O–H groups in total. The smallest absolute Gasteiger partial charge is 0.231 e. The Kier molecular flexibility index (Phi) is 6.07. The maximum atomic E-state index is 5.67. The molecule has 36 heavy (non-hydrogen) atoms. The van der Waals surface area contributed by atoms with Gasteiger partial charge < -0.3 is 34.1 Å². The zero-order chi connectivity index (χ0) is 24.6. The number of nitrogens with one attached hydrogen (secondary N) is 1. The van der Waals surface area contributed by atoms with Crippen LogP contribution in [0.25, 0.3) is 32.4 Å². The maximum Gasteiger partial charge on any atom is 0.231 e. The number of hydrogen-bond acceptors (Lipinski definition) is 8. The Balaban J connectivity index is 1.40. The van der Waals surface area contributed by atoms with Crippen molar-refractivity contribution < 1.29 is 18.9 Å². The molecule has 1 fully saturated rings. The normalized spacial score (nSPS) is 16.2. The first kappa shape index (κ1) is 22.9. The van der Waals surface area contributed by atoms with Gasteiger partial charge in [-0.05, 0) is 55.1 Å². The zero-order valence-corrected chi connectivity index (χ0v) is 21.1. The highest BCUT2D eigenvalue weighted by molar-refractivity contribution is 6.18. The van der Waals surface area contributed by atoms with Crippen molar-refractivity contribution in [1.82, 2.24) is 14.8 Å². The highest BCUT2D eigenvalue weighted by Crippen LogP contribution is 2.42. The number of pyridine rings is 1. The predicted molar refractivity (Wildman–Crippen MR) is 143 cm³/mol. The molecule has 188 valence electrons. The van der Waals surface area contributed by atoms with E-state index in [1.807, 2.05) is 24.3 Å². The van der Waals surface area contributed by atoms with Crippen molar-refractivity contribution in [3.63, 3.8) is 0 Å². The number of methoxy groups -OCH3 is 2. The molecule has 0 saturated carbocycles. The Labute approximate surface area is 210 Å². The summed E-state index contributed by atoms with van der Waals surface area (Å²) < 4.78 is 22.5. The van der Waals surface area contributed by atoms with Gasteiger partial charge in [-0.25, -0.2) is 4.98 Å². The SMILES string of the molecule is COc1cc2c(NCCCN3CCN(C)CC3)nc3c4cc5c(cc4ccc3c2cc1OC)OCO5. The number of nitrogens with zero attached hydrogens (tertiary/aromatic N) is 3. The molecule has 6 rings (SSSR count). The van der Waals surface area contributed by atoms with Gasteiger partial charge in [0.05, 0.1) is 19.7 Å².